The number of hydrogen-bond acceptors (Lipinski definition) is 6. The number of nitrogens with zero attached hydrogens (tertiary/aromatic N) is 2. The maximum atomic E-state index is 10.8. The highest BCUT2D eigenvalue weighted by atomic mass is 16.5. The SMILES string of the molecule is COc1nccc(N(C)C)c1NCc1cc(C(=O)O)co1. The first-order valence-corrected chi connectivity index (χ1v) is 6.27. The van der Waals surface area contributed by atoms with Gasteiger partial charge in [-0.3, -0.25) is 0 Å². The van der Waals surface area contributed by atoms with Crippen molar-refractivity contribution in [2.75, 3.05) is 31.4 Å². The summed E-state index contributed by atoms with van der Waals surface area (Å²) in [6.45, 7) is 0.330. The van der Waals surface area contributed by atoms with E-state index in [9.17, 15) is 4.79 Å². The fourth-order valence-electron chi connectivity index (χ4n) is 1.89. The molecule has 2 aromatic rings. The van der Waals surface area contributed by atoms with Crippen LogP contribution in [0.5, 0.6) is 5.88 Å². The maximum absolute atomic E-state index is 10.8. The van der Waals surface area contributed by atoms with Crippen molar-refractivity contribution in [2.24, 2.45) is 0 Å². The summed E-state index contributed by atoms with van der Waals surface area (Å²) in [6, 6.07) is 3.34. The van der Waals surface area contributed by atoms with Crippen molar-refractivity contribution >= 4 is 17.3 Å². The number of carboxylic acids is 1. The molecule has 2 rings (SSSR count). The molecular weight excluding hydrogens is 274 g/mol. The van der Waals surface area contributed by atoms with Crippen LogP contribution in [0.3, 0.4) is 0 Å². The fraction of sp³-hybridized carbons (Fsp3) is 0.286. The van der Waals surface area contributed by atoms with Crippen molar-refractivity contribution in [3.63, 3.8) is 0 Å². The van der Waals surface area contributed by atoms with E-state index in [-0.39, 0.29) is 5.56 Å². The van der Waals surface area contributed by atoms with Gasteiger partial charge in [0, 0.05) is 20.3 Å². The van der Waals surface area contributed by atoms with Crippen LogP contribution in [0.15, 0.2) is 29.0 Å². The Morgan fingerprint density at radius 1 is 1.52 bits per heavy atom. The van der Waals surface area contributed by atoms with Crippen LogP contribution < -0.4 is 15.0 Å². The first-order chi connectivity index (χ1) is 10.0. The number of furan rings is 1. The van der Waals surface area contributed by atoms with Gasteiger partial charge in [-0.05, 0) is 12.1 Å². The lowest BCUT2D eigenvalue weighted by Gasteiger charge is -2.19. The molecule has 0 aliphatic rings. The summed E-state index contributed by atoms with van der Waals surface area (Å²) in [4.78, 5) is 16.9. The second-order valence-electron chi connectivity index (χ2n) is 4.57. The summed E-state index contributed by atoms with van der Waals surface area (Å²) in [7, 11) is 5.37. The quantitative estimate of drug-likeness (QED) is 0.842. The molecule has 7 nitrogen and oxygen atoms in total. The molecule has 21 heavy (non-hydrogen) atoms. The van der Waals surface area contributed by atoms with E-state index in [4.69, 9.17) is 14.3 Å². The number of carbonyl (C=O) groups is 1. The Morgan fingerprint density at radius 3 is 2.86 bits per heavy atom. The van der Waals surface area contributed by atoms with E-state index in [1.165, 1.54) is 12.3 Å². The molecule has 0 saturated heterocycles. The first-order valence-electron chi connectivity index (χ1n) is 6.27. The second kappa shape index (κ2) is 6.17. The standard InChI is InChI=1S/C14H17N3O4/c1-17(2)11-4-5-15-13(20-3)12(11)16-7-10-6-9(8-21-10)14(18)19/h4-6,8,16H,7H2,1-3H3,(H,18,19). The average Bonchev–Trinajstić information content (AvgIpc) is 2.93. The minimum atomic E-state index is -1.02. The fourth-order valence-corrected chi connectivity index (χ4v) is 1.89. The van der Waals surface area contributed by atoms with Crippen molar-refractivity contribution in [2.45, 2.75) is 6.54 Å². The Hall–Kier alpha value is -2.70. The molecule has 0 radical (unpaired) electrons. The number of hydrogen-bond donors (Lipinski definition) is 2. The summed E-state index contributed by atoms with van der Waals surface area (Å²) < 4.78 is 10.4. The summed E-state index contributed by atoms with van der Waals surface area (Å²) in [6.07, 6.45) is 2.88. The van der Waals surface area contributed by atoms with Gasteiger partial charge in [-0.2, -0.15) is 0 Å². The van der Waals surface area contributed by atoms with E-state index >= 15 is 0 Å². The topological polar surface area (TPSA) is 87.8 Å². The van der Waals surface area contributed by atoms with Gasteiger partial charge in [-0.15, -0.1) is 0 Å². The van der Waals surface area contributed by atoms with Gasteiger partial charge in [0.2, 0.25) is 5.88 Å². The van der Waals surface area contributed by atoms with Gasteiger partial charge in [0.25, 0.3) is 0 Å². The molecule has 2 heterocycles. The number of methoxy groups -OCH3 is 1. The molecule has 2 N–H and O–H groups in total. The van der Waals surface area contributed by atoms with Crippen LogP contribution in [0.1, 0.15) is 16.1 Å². The van der Waals surface area contributed by atoms with Gasteiger partial charge < -0.3 is 24.5 Å². The van der Waals surface area contributed by atoms with Crippen LogP contribution in [0.4, 0.5) is 11.4 Å². The third-order valence-corrected chi connectivity index (χ3v) is 2.91. The van der Waals surface area contributed by atoms with Gasteiger partial charge in [-0.1, -0.05) is 0 Å². The number of aromatic carboxylic acids is 1. The maximum Gasteiger partial charge on any atom is 0.338 e. The number of anilines is 2. The first kappa shape index (κ1) is 14.7. The Bertz CT molecular complexity index is 637. The Balaban J connectivity index is 2.20. The van der Waals surface area contributed by atoms with Crippen molar-refractivity contribution in [3.05, 3.63) is 35.9 Å². The van der Waals surface area contributed by atoms with Crippen LogP contribution in [0, 0.1) is 0 Å². The molecule has 0 saturated carbocycles. The third kappa shape index (κ3) is 3.25. The lowest BCUT2D eigenvalue weighted by atomic mass is 10.3. The molecule has 0 amide bonds. The van der Waals surface area contributed by atoms with Crippen LogP contribution in [-0.2, 0) is 6.54 Å². The molecule has 0 atom stereocenters. The minimum Gasteiger partial charge on any atom is -0.479 e. The normalized spacial score (nSPS) is 10.2. The summed E-state index contributed by atoms with van der Waals surface area (Å²) >= 11 is 0. The molecule has 0 aliphatic carbocycles. The summed E-state index contributed by atoms with van der Waals surface area (Å²) in [5.74, 6) is -0.0350. The third-order valence-electron chi connectivity index (χ3n) is 2.91. The van der Waals surface area contributed by atoms with Gasteiger partial charge >= 0.3 is 5.97 Å². The lowest BCUT2D eigenvalue weighted by Crippen LogP contribution is -2.13. The number of ether oxygens (including phenoxy) is 1. The molecule has 112 valence electrons. The second-order valence-corrected chi connectivity index (χ2v) is 4.57. The number of nitrogens with one attached hydrogen (secondary N) is 1. The predicted molar refractivity (Wildman–Crippen MR) is 78.1 cm³/mol. The van der Waals surface area contributed by atoms with Gasteiger partial charge in [0.15, 0.2) is 0 Å². The number of carboxylic acid groups (broad SMARTS) is 1. The van der Waals surface area contributed by atoms with Gasteiger partial charge in [0.05, 0.1) is 24.9 Å². The largest absolute Gasteiger partial charge is 0.479 e. The molecular formula is C14H17N3O4. The number of pyridine rings is 1. The van der Waals surface area contributed by atoms with Crippen LogP contribution in [0.2, 0.25) is 0 Å². The van der Waals surface area contributed by atoms with E-state index in [2.05, 4.69) is 10.3 Å². The molecule has 0 spiro atoms. The molecule has 2 aromatic heterocycles. The van der Waals surface area contributed by atoms with E-state index in [1.54, 1.807) is 13.3 Å². The highest BCUT2D eigenvalue weighted by Crippen LogP contribution is 2.32. The molecule has 0 fully saturated rings. The average molecular weight is 291 g/mol. The molecule has 0 bridgehead atoms. The zero-order valence-corrected chi connectivity index (χ0v) is 12.1. The monoisotopic (exact) mass is 291 g/mol. The van der Waals surface area contributed by atoms with Crippen molar-refractivity contribution < 1.29 is 19.1 Å². The Kier molecular flexibility index (Phi) is 4.32. The Labute approximate surface area is 122 Å². The van der Waals surface area contributed by atoms with Crippen molar-refractivity contribution in [3.8, 4) is 5.88 Å². The van der Waals surface area contributed by atoms with Gasteiger partial charge in [0.1, 0.15) is 17.7 Å². The van der Waals surface area contributed by atoms with Crippen molar-refractivity contribution in [1.29, 1.82) is 0 Å². The highest BCUT2D eigenvalue weighted by Gasteiger charge is 2.13. The minimum absolute atomic E-state index is 0.123. The van der Waals surface area contributed by atoms with Crippen LogP contribution >= 0.6 is 0 Å². The molecule has 0 unspecified atom stereocenters. The zero-order valence-electron chi connectivity index (χ0n) is 12.1. The zero-order chi connectivity index (χ0) is 15.4. The van der Waals surface area contributed by atoms with E-state index in [0.29, 0.717) is 18.2 Å². The Morgan fingerprint density at radius 2 is 2.29 bits per heavy atom. The summed E-state index contributed by atoms with van der Waals surface area (Å²) in [5, 5.41) is 12.0. The summed E-state index contributed by atoms with van der Waals surface area (Å²) in [5.41, 5.74) is 1.75. The van der Waals surface area contributed by atoms with E-state index in [1.807, 2.05) is 25.1 Å². The highest BCUT2D eigenvalue weighted by molar-refractivity contribution is 5.87. The molecule has 0 aromatic carbocycles. The predicted octanol–water partition coefficient (Wildman–Crippen LogP) is 2.06. The van der Waals surface area contributed by atoms with Crippen LogP contribution in [-0.4, -0.2) is 37.3 Å². The lowest BCUT2D eigenvalue weighted by molar-refractivity contribution is 0.0696. The smallest absolute Gasteiger partial charge is 0.338 e. The number of rotatable bonds is 6. The van der Waals surface area contributed by atoms with Crippen molar-refractivity contribution in [1.82, 2.24) is 4.98 Å². The van der Waals surface area contributed by atoms with E-state index in [0.717, 1.165) is 11.4 Å². The van der Waals surface area contributed by atoms with E-state index < -0.39 is 5.97 Å². The number of aromatic nitrogens is 1. The molecule has 0 aliphatic heterocycles. The molecule has 7 heteroatoms. The van der Waals surface area contributed by atoms with Gasteiger partial charge in [-0.25, -0.2) is 9.78 Å². The van der Waals surface area contributed by atoms with Crippen LogP contribution in [0.25, 0.3) is 0 Å².